The van der Waals surface area contributed by atoms with Gasteiger partial charge in [-0.05, 0) is 104 Å². The summed E-state index contributed by atoms with van der Waals surface area (Å²) >= 11 is 0. The van der Waals surface area contributed by atoms with E-state index in [1.165, 1.54) is 24.2 Å². The zero-order valence-electron chi connectivity index (χ0n) is 55.9. The second-order valence-corrected chi connectivity index (χ2v) is 26.1. The van der Waals surface area contributed by atoms with E-state index in [2.05, 4.69) is 58.4 Å². The number of anilines is 4. The van der Waals surface area contributed by atoms with Crippen LogP contribution in [0.15, 0.2) is 103 Å². The number of fused-ring (bicyclic) bond motifs is 4. The predicted molar refractivity (Wildman–Crippen MR) is 361 cm³/mol. The van der Waals surface area contributed by atoms with Crippen LogP contribution in [0.25, 0.3) is 11.3 Å². The highest BCUT2D eigenvalue weighted by Gasteiger charge is 2.51. The van der Waals surface area contributed by atoms with Crippen molar-refractivity contribution < 1.29 is 66.9 Å². The van der Waals surface area contributed by atoms with Crippen LogP contribution in [0, 0.1) is 5.92 Å². The van der Waals surface area contributed by atoms with Crippen molar-refractivity contribution in [1.82, 2.24) is 51.1 Å². The van der Waals surface area contributed by atoms with Crippen molar-refractivity contribution in [3.8, 4) is 22.9 Å². The molecule has 11 rings (SSSR count). The molecule has 7 N–H and O–H groups in total. The summed E-state index contributed by atoms with van der Waals surface area (Å²) in [6.45, 7) is 10.5. The number of imide groups is 2. The molecule has 8 heterocycles. The molecule has 3 fully saturated rings. The van der Waals surface area contributed by atoms with Crippen molar-refractivity contribution >= 4 is 82.3 Å². The zero-order valence-corrected chi connectivity index (χ0v) is 55.9. The number of hydrogen-bond acceptors (Lipinski definition) is 20. The van der Waals surface area contributed by atoms with Crippen LogP contribution < -0.4 is 56.5 Å². The second kappa shape index (κ2) is 31.3. The first-order valence-corrected chi connectivity index (χ1v) is 33.4. The average molecular weight is 1360 g/mol. The highest BCUT2D eigenvalue weighted by Crippen LogP contribution is 2.46. The number of carbonyl (C=O) groups is 10. The number of nitrogens with two attached hydrogens (primary N) is 1. The van der Waals surface area contributed by atoms with Gasteiger partial charge in [0.25, 0.3) is 17.7 Å². The fraction of sp³-hybridized carbons (Fsp3) is 0.443. The van der Waals surface area contributed by atoms with Crippen LogP contribution in [0.3, 0.4) is 0 Å². The van der Waals surface area contributed by atoms with Gasteiger partial charge in [-0.25, -0.2) is 14.6 Å². The Morgan fingerprint density at radius 3 is 2.32 bits per heavy atom. The molecule has 99 heavy (non-hydrogen) atoms. The van der Waals surface area contributed by atoms with Gasteiger partial charge in [-0.3, -0.25) is 58.4 Å². The third kappa shape index (κ3) is 16.9. The van der Waals surface area contributed by atoms with Crippen LogP contribution >= 0.6 is 0 Å². The zero-order chi connectivity index (χ0) is 69.9. The van der Waals surface area contributed by atoms with Crippen molar-refractivity contribution in [2.75, 3.05) is 86.3 Å². The third-order valence-electron chi connectivity index (χ3n) is 18.6. The largest absolute Gasteiger partial charge is 0.472 e. The number of piperidine rings is 1. The molecule has 3 aromatic carbocycles. The molecule has 0 spiro atoms. The van der Waals surface area contributed by atoms with Crippen LogP contribution in [-0.2, 0) is 62.7 Å². The highest BCUT2D eigenvalue weighted by molar-refractivity contribution is 6.13. The van der Waals surface area contributed by atoms with Crippen molar-refractivity contribution in [2.24, 2.45) is 11.7 Å². The molecule has 0 saturated carbocycles. The van der Waals surface area contributed by atoms with Crippen molar-refractivity contribution in [3.63, 3.8) is 0 Å². The summed E-state index contributed by atoms with van der Waals surface area (Å²) in [6, 6.07) is 22.2. The third-order valence-corrected chi connectivity index (χ3v) is 18.6. The molecular formula is C70H83N15O14. The predicted octanol–water partition coefficient (Wildman–Crippen LogP) is 4.68. The van der Waals surface area contributed by atoms with Gasteiger partial charge in [0.05, 0.1) is 30.0 Å². The van der Waals surface area contributed by atoms with Gasteiger partial charge < -0.3 is 60.6 Å². The summed E-state index contributed by atoms with van der Waals surface area (Å²) in [5, 5.41) is 22.6. The SMILES string of the molecule is COCOc1ccccc1-c1cc2c(nn1)N(C(=O)OCc1ccc(NC(=O)[C@H](CCCNC(N)=O)NC(=O)[C@@H](NC(=O)CCCCCN3C(=O)C=CC3=O)C(C)C)cc1)C[C@]1(C)C[C@@H](Oc3ccc(CN4CCN(c5ccc6c(c5)C(=O)N([C@H]5CCC(=O)NC5=O)C6)CC4)cn3)CN21. The van der Waals surface area contributed by atoms with E-state index in [0.717, 1.165) is 47.9 Å². The van der Waals surface area contributed by atoms with Crippen LogP contribution in [0.4, 0.5) is 32.5 Å². The average Bonchev–Trinajstić information content (AvgIpc) is 1.67. The summed E-state index contributed by atoms with van der Waals surface area (Å²) in [6.07, 6.45) is 6.27. The Balaban J connectivity index is 0.698. The second-order valence-electron chi connectivity index (χ2n) is 26.1. The van der Waals surface area contributed by atoms with E-state index >= 15 is 0 Å². The topological polar surface area (TPSA) is 352 Å². The van der Waals surface area contributed by atoms with Gasteiger partial charge in [-0.2, -0.15) is 0 Å². The smallest absolute Gasteiger partial charge is 0.416 e. The molecule has 6 aliphatic heterocycles. The number of primary amides is 1. The van der Waals surface area contributed by atoms with Crippen LogP contribution in [0.2, 0.25) is 0 Å². The number of nitrogens with zero attached hydrogens (tertiary/aromatic N) is 9. The van der Waals surface area contributed by atoms with Gasteiger partial charge in [0, 0.05) is 126 Å². The van der Waals surface area contributed by atoms with Gasteiger partial charge >= 0.3 is 12.1 Å². The maximum absolute atomic E-state index is 14.5. The Bertz CT molecular complexity index is 3880. The first-order chi connectivity index (χ1) is 47.7. The fourth-order valence-electron chi connectivity index (χ4n) is 13.4. The minimum atomic E-state index is -1.09. The molecule has 29 nitrogen and oxygen atoms in total. The first-order valence-electron chi connectivity index (χ1n) is 33.4. The number of amides is 11. The summed E-state index contributed by atoms with van der Waals surface area (Å²) in [7, 11) is 1.53. The molecule has 29 heteroatoms. The van der Waals surface area contributed by atoms with E-state index in [9.17, 15) is 47.9 Å². The van der Waals surface area contributed by atoms with Crippen LogP contribution in [0.5, 0.6) is 11.6 Å². The number of hydrogen-bond donors (Lipinski definition) is 6. The number of piperazine rings is 1. The Morgan fingerprint density at radius 1 is 0.828 bits per heavy atom. The lowest BCUT2D eigenvalue weighted by molar-refractivity contribution is -0.138. The number of unbranched alkanes of at least 4 members (excludes halogenated alkanes) is 2. The number of para-hydroxylation sites is 1. The van der Waals surface area contributed by atoms with E-state index in [4.69, 9.17) is 29.7 Å². The summed E-state index contributed by atoms with van der Waals surface area (Å²) in [4.78, 5) is 144. The Kier molecular flexibility index (Phi) is 22.1. The standard InChI is InChI=1S/C70H83N15O14/c1-43(2)62(76-57(86)14-6-5-9-28-82-60(88)25-26-61(82)89)66(92)75-52(12-10-27-72-68(71)94)64(90)74-47-19-15-44(16-20-47)40-97-69(95)84-41-70(3)35-49(39-85(70)55-34-53(78-79-63(55)84)50-11-7-8-13-56(50)98-42-96-4)99-59-24-17-45(36-73-59)37-80-29-31-81(32-30-80)48-21-18-46-38-83(67(93)51(46)33-48)54-22-23-58(87)77-65(54)91/h7-8,11,13,15-21,24-26,33-34,36,43,49,52,54,62H,5-6,9-10,12,14,22-23,27-32,35,37-42H2,1-4H3,(H,74,90)(H,75,92)(H,76,86)(H3,71,72,94)(H,77,87,91)/t49-,52+,54+,62+,70+/m1/s1. The molecule has 0 unspecified atom stereocenters. The van der Waals surface area contributed by atoms with Gasteiger partial charge in [0.2, 0.25) is 35.4 Å². The molecule has 2 aromatic heterocycles. The quantitative estimate of drug-likeness (QED) is 0.0225. The molecule has 522 valence electrons. The van der Waals surface area contributed by atoms with Crippen LogP contribution in [0.1, 0.15) is 106 Å². The normalized spacial score (nSPS) is 19.5. The minimum Gasteiger partial charge on any atom is -0.472 e. The van der Waals surface area contributed by atoms with E-state index in [0.29, 0.717) is 97.1 Å². The number of pyridine rings is 1. The first kappa shape index (κ1) is 69.8. The number of urea groups is 1. The molecule has 0 bridgehead atoms. The maximum Gasteiger partial charge on any atom is 0.416 e. The summed E-state index contributed by atoms with van der Waals surface area (Å²) in [5.41, 5.74) is 10.8. The molecule has 5 aromatic rings. The minimum absolute atomic E-state index is 0.00301. The van der Waals surface area contributed by atoms with E-state index < -0.39 is 53.5 Å². The maximum atomic E-state index is 14.5. The lowest BCUT2D eigenvalue weighted by Gasteiger charge is -2.45. The summed E-state index contributed by atoms with van der Waals surface area (Å²) < 4.78 is 23.8. The molecular weight excluding hydrogens is 1270 g/mol. The number of nitrogens with one attached hydrogen (secondary N) is 5. The van der Waals surface area contributed by atoms with E-state index in [-0.39, 0.29) is 106 Å². The van der Waals surface area contributed by atoms with Gasteiger partial charge in [-0.1, -0.05) is 56.7 Å². The molecule has 11 amide bonds. The number of ether oxygens (including phenoxy) is 4. The lowest BCUT2D eigenvalue weighted by Crippen LogP contribution is -2.56. The van der Waals surface area contributed by atoms with Crippen LogP contribution in [-0.4, -0.2) is 185 Å². The van der Waals surface area contributed by atoms with Gasteiger partial charge in [0.1, 0.15) is 36.6 Å². The number of rotatable bonds is 28. The summed E-state index contributed by atoms with van der Waals surface area (Å²) in [5.74, 6) is -2.30. The lowest BCUT2D eigenvalue weighted by atomic mass is 9.94. The van der Waals surface area contributed by atoms with Gasteiger partial charge in [0.15, 0.2) is 12.6 Å². The fourth-order valence-corrected chi connectivity index (χ4v) is 13.4. The molecule has 0 radical (unpaired) electrons. The Labute approximate surface area is 572 Å². The number of aromatic nitrogens is 3. The van der Waals surface area contributed by atoms with E-state index in [1.54, 1.807) is 43.0 Å². The molecule has 0 aliphatic carbocycles. The number of carbonyl (C=O) groups excluding carboxylic acids is 10. The number of benzene rings is 3. The Morgan fingerprint density at radius 2 is 1.60 bits per heavy atom. The van der Waals surface area contributed by atoms with Crippen molar-refractivity contribution in [2.45, 2.75) is 128 Å². The Hall–Kier alpha value is -10.6. The number of methoxy groups -OCH3 is 1. The monoisotopic (exact) mass is 1360 g/mol. The van der Waals surface area contributed by atoms with Crippen molar-refractivity contribution in [3.05, 3.63) is 126 Å². The van der Waals surface area contributed by atoms with E-state index in [1.807, 2.05) is 66.9 Å². The van der Waals surface area contributed by atoms with Crippen molar-refractivity contribution in [1.29, 1.82) is 0 Å². The molecule has 3 saturated heterocycles. The highest BCUT2D eigenvalue weighted by atomic mass is 16.7. The molecule has 6 aliphatic rings. The molecule has 5 atom stereocenters. The van der Waals surface area contributed by atoms with Gasteiger partial charge in [-0.15, -0.1) is 10.2 Å².